The molecule has 1 saturated heterocycles. The van der Waals surface area contributed by atoms with Gasteiger partial charge in [0, 0.05) is 17.1 Å². The third kappa shape index (κ3) is 4.02. The minimum Gasteiger partial charge on any atom is -0.353 e. The predicted molar refractivity (Wildman–Crippen MR) is 71.6 cm³/mol. The van der Waals surface area contributed by atoms with Gasteiger partial charge in [0.15, 0.2) is 6.29 Å². The first-order valence-electron chi connectivity index (χ1n) is 6.19. The van der Waals surface area contributed by atoms with Crippen LogP contribution in [0.4, 0.5) is 0 Å². The molecule has 2 rings (SSSR count). The van der Waals surface area contributed by atoms with E-state index >= 15 is 0 Å². The standard InChI is InChI=1S/C14H20O2S/c1-11-4-5-13(12(2)10-11)17-9-6-14-15-7-3-8-16-14/h4-5,10,14H,3,6-9H2,1-2H3. The molecule has 94 valence electrons. The Morgan fingerprint density at radius 2 is 2.00 bits per heavy atom. The average molecular weight is 252 g/mol. The van der Waals surface area contributed by atoms with E-state index in [4.69, 9.17) is 9.47 Å². The minimum atomic E-state index is 0.0157. The Labute approximate surface area is 108 Å². The zero-order chi connectivity index (χ0) is 12.1. The van der Waals surface area contributed by atoms with E-state index in [2.05, 4.69) is 32.0 Å². The second-order valence-corrected chi connectivity index (χ2v) is 5.57. The van der Waals surface area contributed by atoms with Crippen LogP contribution < -0.4 is 0 Å². The van der Waals surface area contributed by atoms with Crippen LogP contribution in [-0.2, 0) is 9.47 Å². The molecule has 0 spiro atoms. The topological polar surface area (TPSA) is 18.5 Å². The lowest BCUT2D eigenvalue weighted by Crippen LogP contribution is -2.25. The molecule has 0 atom stereocenters. The van der Waals surface area contributed by atoms with Crippen LogP contribution >= 0.6 is 11.8 Å². The molecule has 0 unspecified atom stereocenters. The molecule has 17 heavy (non-hydrogen) atoms. The van der Waals surface area contributed by atoms with Crippen LogP contribution in [0.5, 0.6) is 0 Å². The zero-order valence-corrected chi connectivity index (χ0v) is 11.4. The smallest absolute Gasteiger partial charge is 0.158 e. The highest BCUT2D eigenvalue weighted by atomic mass is 32.2. The molecule has 0 saturated carbocycles. The van der Waals surface area contributed by atoms with E-state index in [0.717, 1.165) is 31.8 Å². The van der Waals surface area contributed by atoms with Gasteiger partial charge in [-0.3, -0.25) is 0 Å². The van der Waals surface area contributed by atoms with Gasteiger partial charge in [-0.2, -0.15) is 0 Å². The second-order valence-electron chi connectivity index (χ2n) is 4.43. The van der Waals surface area contributed by atoms with Gasteiger partial charge in [0.2, 0.25) is 0 Å². The van der Waals surface area contributed by atoms with Crippen molar-refractivity contribution in [1.29, 1.82) is 0 Å². The highest BCUT2D eigenvalue weighted by Crippen LogP contribution is 2.25. The number of hydrogen-bond acceptors (Lipinski definition) is 3. The molecule has 1 aliphatic heterocycles. The molecule has 2 nitrogen and oxygen atoms in total. The van der Waals surface area contributed by atoms with Crippen molar-refractivity contribution in [3.63, 3.8) is 0 Å². The summed E-state index contributed by atoms with van der Waals surface area (Å²) in [5.41, 5.74) is 2.69. The predicted octanol–water partition coefficient (Wildman–Crippen LogP) is 3.55. The third-order valence-electron chi connectivity index (χ3n) is 2.84. The molecule has 0 aliphatic carbocycles. The highest BCUT2D eigenvalue weighted by Gasteiger charge is 2.13. The normalized spacial score (nSPS) is 17.3. The van der Waals surface area contributed by atoms with Gasteiger partial charge in [0.05, 0.1) is 13.2 Å². The maximum Gasteiger partial charge on any atom is 0.158 e. The monoisotopic (exact) mass is 252 g/mol. The van der Waals surface area contributed by atoms with Crippen LogP contribution in [0.1, 0.15) is 24.0 Å². The number of benzene rings is 1. The fraction of sp³-hybridized carbons (Fsp3) is 0.571. The molecule has 0 radical (unpaired) electrons. The van der Waals surface area contributed by atoms with E-state index in [1.54, 1.807) is 0 Å². The van der Waals surface area contributed by atoms with Crippen LogP contribution in [0.25, 0.3) is 0 Å². The maximum atomic E-state index is 5.53. The van der Waals surface area contributed by atoms with Gasteiger partial charge < -0.3 is 9.47 Å². The first-order valence-corrected chi connectivity index (χ1v) is 7.17. The third-order valence-corrected chi connectivity index (χ3v) is 4.05. The van der Waals surface area contributed by atoms with Crippen LogP contribution in [0.15, 0.2) is 23.1 Å². The minimum absolute atomic E-state index is 0.0157. The van der Waals surface area contributed by atoms with Gasteiger partial charge in [0.25, 0.3) is 0 Å². The first kappa shape index (κ1) is 12.9. The van der Waals surface area contributed by atoms with E-state index in [1.807, 2.05) is 11.8 Å². The number of ether oxygens (including phenoxy) is 2. The van der Waals surface area contributed by atoms with E-state index in [-0.39, 0.29) is 6.29 Å². The highest BCUT2D eigenvalue weighted by molar-refractivity contribution is 7.99. The van der Waals surface area contributed by atoms with Gasteiger partial charge in [-0.1, -0.05) is 17.7 Å². The molecule has 0 N–H and O–H groups in total. The van der Waals surface area contributed by atoms with Crippen molar-refractivity contribution in [3.8, 4) is 0 Å². The van der Waals surface area contributed by atoms with E-state index in [1.165, 1.54) is 16.0 Å². The molecule has 1 aromatic rings. The van der Waals surface area contributed by atoms with E-state index in [0.29, 0.717) is 0 Å². The second kappa shape index (κ2) is 6.43. The Bertz CT molecular complexity index is 359. The van der Waals surface area contributed by atoms with Crippen molar-refractivity contribution >= 4 is 11.8 Å². The Morgan fingerprint density at radius 1 is 1.24 bits per heavy atom. The number of aryl methyl sites for hydroxylation is 2. The van der Waals surface area contributed by atoms with Crippen LogP contribution in [0.2, 0.25) is 0 Å². The summed E-state index contributed by atoms with van der Waals surface area (Å²) < 4.78 is 11.1. The van der Waals surface area contributed by atoms with Crippen molar-refractivity contribution in [2.75, 3.05) is 19.0 Å². The summed E-state index contributed by atoms with van der Waals surface area (Å²) in [6, 6.07) is 6.61. The molecule has 0 amide bonds. The number of rotatable bonds is 4. The number of thioether (sulfide) groups is 1. The lowest BCUT2D eigenvalue weighted by Gasteiger charge is -2.22. The van der Waals surface area contributed by atoms with Crippen molar-refractivity contribution in [2.24, 2.45) is 0 Å². The van der Waals surface area contributed by atoms with Crippen LogP contribution in [0, 0.1) is 13.8 Å². The summed E-state index contributed by atoms with van der Waals surface area (Å²) in [5, 5.41) is 0. The Kier molecular flexibility index (Phi) is 4.89. The SMILES string of the molecule is Cc1ccc(SCCC2OCCCO2)c(C)c1. The summed E-state index contributed by atoms with van der Waals surface area (Å²) >= 11 is 1.89. The largest absolute Gasteiger partial charge is 0.353 e. The Morgan fingerprint density at radius 3 is 2.71 bits per heavy atom. The van der Waals surface area contributed by atoms with Gasteiger partial charge in [-0.25, -0.2) is 0 Å². The molecule has 1 aliphatic rings. The Balaban J connectivity index is 1.77. The summed E-state index contributed by atoms with van der Waals surface area (Å²) in [5.74, 6) is 1.05. The number of hydrogen-bond donors (Lipinski definition) is 0. The fourth-order valence-electron chi connectivity index (χ4n) is 1.93. The first-order chi connectivity index (χ1) is 8.25. The molecule has 0 aromatic heterocycles. The molecule has 1 aromatic carbocycles. The molecular weight excluding hydrogens is 232 g/mol. The van der Waals surface area contributed by atoms with Gasteiger partial charge in [0.1, 0.15) is 0 Å². The maximum absolute atomic E-state index is 5.53. The molecule has 3 heteroatoms. The summed E-state index contributed by atoms with van der Waals surface area (Å²) in [6.07, 6.45) is 2.01. The van der Waals surface area contributed by atoms with Gasteiger partial charge in [-0.15, -0.1) is 11.8 Å². The Hall–Kier alpha value is -0.510. The van der Waals surface area contributed by atoms with Crippen molar-refractivity contribution in [2.45, 2.75) is 37.9 Å². The molecule has 0 bridgehead atoms. The zero-order valence-electron chi connectivity index (χ0n) is 10.6. The van der Waals surface area contributed by atoms with Crippen LogP contribution in [0.3, 0.4) is 0 Å². The van der Waals surface area contributed by atoms with Gasteiger partial charge >= 0.3 is 0 Å². The molecular formula is C14H20O2S. The molecule has 1 fully saturated rings. The van der Waals surface area contributed by atoms with Crippen molar-refractivity contribution < 1.29 is 9.47 Å². The fourth-order valence-corrected chi connectivity index (χ4v) is 2.91. The van der Waals surface area contributed by atoms with Crippen LogP contribution in [-0.4, -0.2) is 25.3 Å². The van der Waals surface area contributed by atoms with E-state index < -0.39 is 0 Å². The lowest BCUT2D eigenvalue weighted by molar-refractivity contribution is -0.178. The quantitative estimate of drug-likeness (QED) is 0.764. The summed E-state index contributed by atoms with van der Waals surface area (Å²) in [7, 11) is 0. The summed E-state index contributed by atoms with van der Waals surface area (Å²) in [6.45, 7) is 5.99. The van der Waals surface area contributed by atoms with Gasteiger partial charge in [-0.05, 0) is 31.9 Å². The molecule has 1 heterocycles. The van der Waals surface area contributed by atoms with Crippen molar-refractivity contribution in [1.82, 2.24) is 0 Å². The van der Waals surface area contributed by atoms with E-state index in [9.17, 15) is 0 Å². The summed E-state index contributed by atoms with van der Waals surface area (Å²) in [4.78, 5) is 1.37. The average Bonchev–Trinajstić information content (AvgIpc) is 2.33. The lowest BCUT2D eigenvalue weighted by atomic mass is 10.2. The van der Waals surface area contributed by atoms with Crippen molar-refractivity contribution in [3.05, 3.63) is 29.3 Å².